The summed E-state index contributed by atoms with van der Waals surface area (Å²) >= 11 is 15.5. The molecule has 0 aliphatic carbocycles. The van der Waals surface area contributed by atoms with Gasteiger partial charge in [-0.05, 0) is 13.3 Å². The molecule has 0 atom stereocenters. The van der Waals surface area contributed by atoms with Gasteiger partial charge in [0.2, 0.25) is 0 Å². The zero-order chi connectivity index (χ0) is 8.41. The van der Waals surface area contributed by atoms with E-state index in [0.717, 1.165) is 5.88 Å². The molecule has 0 saturated heterocycles. The zero-order valence-corrected chi connectivity index (χ0v) is 8.81. The molecule has 0 aromatic rings. The second kappa shape index (κ2) is 12.5. The van der Waals surface area contributed by atoms with Crippen LogP contribution in [0.4, 0.5) is 0 Å². The quantitative estimate of drug-likeness (QED) is 0.478. The first-order valence-electron chi connectivity index (χ1n) is 3.49. The Labute approximate surface area is 78.8 Å². The van der Waals surface area contributed by atoms with Gasteiger partial charge in [0.15, 0.2) is 0 Å². The van der Waals surface area contributed by atoms with E-state index in [-0.39, 0.29) is 4.84 Å². The highest BCUT2D eigenvalue weighted by molar-refractivity contribution is 6.43. The molecule has 10 heavy (non-hydrogen) atoms. The normalized spacial score (nSPS) is 9.00. The average Bonchev–Trinajstić information content (AvgIpc) is 1.82. The lowest BCUT2D eigenvalue weighted by atomic mass is 10.3. The summed E-state index contributed by atoms with van der Waals surface area (Å²) in [6.07, 6.45) is 3.73. The van der Waals surface area contributed by atoms with E-state index in [1.807, 2.05) is 0 Å². The van der Waals surface area contributed by atoms with Crippen LogP contribution in [0.1, 0.15) is 33.1 Å². The number of halogens is 3. The van der Waals surface area contributed by atoms with Crippen LogP contribution in [0, 0.1) is 0 Å². The summed E-state index contributed by atoms with van der Waals surface area (Å²) in [6.45, 7) is 3.87. The molecule has 0 nitrogen and oxygen atoms in total. The van der Waals surface area contributed by atoms with Crippen LogP contribution in [0.5, 0.6) is 0 Å². The van der Waals surface area contributed by atoms with Crippen LogP contribution in [-0.2, 0) is 0 Å². The third kappa shape index (κ3) is 36.7. The molecule has 0 heterocycles. The molecule has 0 spiro atoms. The van der Waals surface area contributed by atoms with Gasteiger partial charge in [0.1, 0.15) is 4.84 Å². The first-order chi connectivity index (χ1) is 4.65. The lowest BCUT2D eigenvalue weighted by Gasteiger charge is -1.84. The van der Waals surface area contributed by atoms with Gasteiger partial charge in [-0.15, -0.1) is 34.8 Å². The van der Waals surface area contributed by atoms with Crippen molar-refractivity contribution in [2.75, 3.05) is 5.88 Å². The Bertz CT molecular complexity index is 39.4. The maximum absolute atomic E-state index is 5.38. The van der Waals surface area contributed by atoms with Gasteiger partial charge in [0.05, 0.1) is 0 Å². The van der Waals surface area contributed by atoms with Crippen molar-refractivity contribution in [2.45, 2.75) is 37.9 Å². The number of unbranched alkanes of at least 4 members (excludes halogenated alkanes) is 2. The maximum atomic E-state index is 5.38. The zero-order valence-electron chi connectivity index (χ0n) is 6.54. The minimum absolute atomic E-state index is 0.222. The lowest BCUT2D eigenvalue weighted by molar-refractivity contribution is 0.776. The van der Waals surface area contributed by atoms with Gasteiger partial charge < -0.3 is 0 Å². The van der Waals surface area contributed by atoms with Crippen molar-refractivity contribution in [3.05, 3.63) is 0 Å². The van der Waals surface area contributed by atoms with E-state index in [1.165, 1.54) is 19.3 Å². The standard InChI is InChI=1S/C5H11Cl.C2H4Cl2/c1-2-3-4-5-6;1-2(3)4/h2-5H2,1H3;2H,1H3. The molecule has 64 valence electrons. The molecular weight excluding hydrogens is 190 g/mol. The summed E-state index contributed by atoms with van der Waals surface area (Å²) in [4.78, 5) is -0.222. The molecule has 0 aromatic heterocycles. The lowest BCUT2D eigenvalue weighted by Crippen LogP contribution is -1.70. The molecule has 0 radical (unpaired) electrons. The van der Waals surface area contributed by atoms with E-state index >= 15 is 0 Å². The highest BCUT2D eigenvalue weighted by Gasteiger charge is 1.77. The summed E-state index contributed by atoms with van der Waals surface area (Å²) in [5, 5.41) is 0. The van der Waals surface area contributed by atoms with Crippen molar-refractivity contribution in [2.24, 2.45) is 0 Å². The number of rotatable bonds is 3. The second-order valence-electron chi connectivity index (χ2n) is 1.92. The van der Waals surface area contributed by atoms with Crippen LogP contribution in [-0.4, -0.2) is 10.7 Å². The van der Waals surface area contributed by atoms with Gasteiger partial charge in [-0.3, -0.25) is 0 Å². The molecule has 0 unspecified atom stereocenters. The fraction of sp³-hybridized carbons (Fsp3) is 1.00. The summed E-state index contributed by atoms with van der Waals surface area (Å²) in [5.41, 5.74) is 0. The summed E-state index contributed by atoms with van der Waals surface area (Å²) in [6, 6.07) is 0. The van der Waals surface area contributed by atoms with Crippen molar-refractivity contribution in [1.29, 1.82) is 0 Å². The summed E-state index contributed by atoms with van der Waals surface area (Å²) in [7, 11) is 0. The van der Waals surface area contributed by atoms with Crippen LogP contribution in [0.3, 0.4) is 0 Å². The number of hydrogen-bond acceptors (Lipinski definition) is 0. The van der Waals surface area contributed by atoms with E-state index in [1.54, 1.807) is 6.92 Å². The Kier molecular flexibility index (Phi) is 16.9. The Balaban J connectivity index is 0. The molecule has 0 aromatic carbocycles. The Hall–Kier alpha value is 0.870. The first kappa shape index (κ1) is 13.5. The Morgan fingerprint density at radius 2 is 1.60 bits per heavy atom. The molecule has 0 N–H and O–H groups in total. The maximum Gasteiger partial charge on any atom is 0.105 e. The molecular formula is C7H15Cl3. The average molecular weight is 206 g/mol. The summed E-state index contributed by atoms with van der Waals surface area (Å²) < 4.78 is 0. The highest BCUT2D eigenvalue weighted by atomic mass is 35.5. The monoisotopic (exact) mass is 204 g/mol. The van der Waals surface area contributed by atoms with Gasteiger partial charge in [-0.2, -0.15) is 0 Å². The van der Waals surface area contributed by atoms with E-state index in [0.29, 0.717) is 0 Å². The fourth-order valence-electron chi connectivity index (χ4n) is 0.344. The predicted molar refractivity (Wildman–Crippen MR) is 51.4 cm³/mol. The molecule has 0 fully saturated rings. The van der Waals surface area contributed by atoms with Gasteiger partial charge in [-0.1, -0.05) is 19.8 Å². The fourth-order valence-corrected chi connectivity index (χ4v) is 0.533. The minimum atomic E-state index is -0.222. The third-order valence-electron chi connectivity index (χ3n) is 0.737. The van der Waals surface area contributed by atoms with Gasteiger partial charge in [0, 0.05) is 5.88 Å². The van der Waals surface area contributed by atoms with E-state index in [2.05, 4.69) is 6.92 Å². The molecule has 0 rings (SSSR count). The molecule has 0 bridgehead atoms. The third-order valence-corrected chi connectivity index (χ3v) is 1.00. The number of alkyl halides is 3. The van der Waals surface area contributed by atoms with E-state index < -0.39 is 0 Å². The van der Waals surface area contributed by atoms with Gasteiger partial charge in [-0.25, -0.2) is 0 Å². The van der Waals surface area contributed by atoms with Gasteiger partial charge >= 0.3 is 0 Å². The van der Waals surface area contributed by atoms with E-state index in [9.17, 15) is 0 Å². The SMILES string of the molecule is CC(Cl)Cl.CCCCCCl. The van der Waals surface area contributed by atoms with Crippen LogP contribution in [0.15, 0.2) is 0 Å². The molecule has 0 aliphatic rings. The van der Waals surface area contributed by atoms with Crippen LogP contribution >= 0.6 is 34.8 Å². The molecule has 0 amide bonds. The largest absolute Gasteiger partial charge is 0.127 e. The van der Waals surface area contributed by atoms with Crippen molar-refractivity contribution >= 4 is 34.8 Å². The molecule has 0 saturated carbocycles. The number of hydrogen-bond donors (Lipinski definition) is 0. The second-order valence-corrected chi connectivity index (χ2v) is 3.83. The van der Waals surface area contributed by atoms with E-state index in [4.69, 9.17) is 34.8 Å². The van der Waals surface area contributed by atoms with Crippen molar-refractivity contribution in [1.82, 2.24) is 0 Å². The van der Waals surface area contributed by atoms with Crippen molar-refractivity contribution < 1.29 is 0 Å². The van der Waals surface area contributed by atoms with Crippen LogP contribution < -0.4 is 0 Å². The first-order valence-corrected chi connectivity index (χ1v) is 4.90. The van der Waals surface area contributed by atoms with Crippen molar-refractivity contribution in [3.8, 4) is 0 Å². The smallest absolute Gasteiger partial charge is 0.105 e. The Morgan fingerprint density at radius 1 is 1.20 bits per heavy atom. The molecule has 0 aliphatic heterocycles. The minimum Gasteiger partial charge on any atom is -0.127 e. The molecule has 3 heteroatoms. The van der Waals surface area contributed by atoms with Crippen LogP contribution in [0.2, 0.25) is 0 Å². The highest BCUT2D eigenvalue weighted by Crippen LogP contribution is 1.95. The topological polar surface area (TPSA) is 0 Å². The van der Waals surface area contributed by atoms with Crippen molar-refractivity contribution in [3.63, 3.8) is 0 Å². The summed E-state index contributed by atoms with van der Waals surface area (Å²) in [5.74, 6) is 0.827. The van der Waals surface area contributed by atoms with Crippen LogP contribution in [0.25, 0.3) is 0 Å². The predicted octanol–water partition coefficient (Wildman–Crippen LogP) is 4.23. The Morgan fingerprint density at radius 3 is 1.70 bits per heavy atom. The van der Waals surface area contributed by atoms with Gasteiger partial charge in [0.25, 0.3) is 0 Å².